The van der Waals surface area contributed by atoms with Gasteiger partial charge in [-0.25, -0.2) is 4.98 Å². The molecule has 138 valence electrons. The summed E-state index contributed by atoms with van der Waals surface area (Å²) in [6, 6.07) is 5.73. The van der Waals surface area contributed by atoms with Crippen LogP contribution >= 0.6 is 11.3 Å². The van der Waals surface area contributed by atoms with Gasteiger partial charge in [0.25, 0.3) is 0 Å². The van der Waals surface area contributed by atoms with Crippen molar-refractivity contribution in [1.82, 2.24) is 9.88 Å². The normalized spacial score (nSPS) is 21.3. The number of nitrogens with one attached hydrogen (secondary N) is 1. The summed E-state index contributed by atoms with van der Waals surface area (Å²) in [4.78, 5) is 32.0. The molecule has 5 nitrogen and oxygen atoms in total. The molecule has 0 unspecified atom stereocenters. The summed E-state index contributed by atoms with van der Waals surface area (Å²) in [5.74, 6) is 0.201. The Balaban J connectivity index is 1.46. The Hall–Kier alpha value is -1.95. The molecule has 4 rings (SSSR count). The molecule has 0 radical (unpaired) electrons. The number of hydrogen-bond donors (Lipinski definition) is 1. The number of hydrogen-bond acceptors (Lipinski definition) is 4. The first-order valence-electron chi connectivity index (χ1n) is 9.60. The van der Waals surface area contributed by atoms with E-state index in [9.17, 15) is 9.59 Å². The molecule has 1 aliphatic carbocycles. The third-order valence-corrected chi connectivity index (χ3v) is 6.50. The maximum absolute atomic E-state index is 12.9. The second kappa shape index (κ2) is 7.35. The third kappa shape index (κ3) is 3.47. The maximum atomic E-state index is 12.9. The lowest BCUT2D eigenvalue weighted by Crippen LogP contribution is -2.46. The number of nitrogens with zero attached hydrogens (tertiary/aromatic N) is 2. The molecule has 26 heavy (non-hydrogen) atoms. The average Bonchev–Trinajstić information content (AvgIpc) is 3.28. The molecule has 0 spiro atoms. The minimum atomic E-state index is -0.349. The Labute approximate surface area is 157 Å². The quantitative estimate of drug-likeness (QED) is 0.883. The summed E-state index contributed by atoms with van der Waals surface area (Å²) in [7, 11) is 0. The number of carbonyl (C=O) groups is 2. The topological polar surface area (TPSA) is 62.3 Å². The maximum Gasteiger partial charge on any atom is 0.248 e. The summed E-state index contributed by atoms with van der Waals surface area (Å²) in [5, 5.41) is 3.57. The van der Waals surface area contributed by atoms with E-state index in [-0.39, 0.29) is 23.8 Å². The van der Waals surface area contributed by atoms with Crippen molar-refractivity contribution in [2.45, 2.75) is 57.9 Å². The number of fused-ring (bicyclic) bond motifs is 1. The molecule has 1 aromatic heterocycles. The number of aryl methyl sites for hydroxylation is 1. The van der Waals surface area contributed by atoms with Crippen molar-refractivity contribution in [3.63, 3.8) is 0 Å². The van der Waals surface area contributed by atoms with Gasteiger partial charge in [-0.3, -0.25) is 9.59 Å². The molecule has 2 amide bonds. The number of carbonyl (C=O) groups excluding carboxylic acids is 2. The van der Waals surface area contributed by atoms with Crippen molar-refractivity contribution in [2.75, 3.05) is 11.9 Å². The molecule has 1 aromatic carbocycles. The van der Waals surface area contributed by atoms with E-state index in [1.807, 2.05) is 24.0 Å². The molecule has 1 saturated heterocycles. The van der Waals surface area contributed by atoms with Gasteiger partial charge in [0, 0.05) is 12.5 Å². The highest BCUT2D eigenvalue weighted by molar-refractivity contribution is 7.22. The Morgan fingerprint density at radius 1 is 1.15 bits per heavy atom. The predicted octanol–water partition coefficient (Wildman–Crippen LogP) is 4.11. The van der Waals surface area contributed by atoms with E-state index in [0.717, 1.165) is 48.7 Å². The van der Waals surface area contributed by atoms with E-state index in [4.69, 9.17) is 0 Å². The Bertz CT molecular complexity index is 826. The summed E-state index contributed by atoms with van der Waals surface area (Å²) in [6.07, 6.45) is 7.08. The summed E-state index contributed by atoms with van der Waals surface area (Å²) in [6.45, 7) is 2.75. The zero-order valence-electron chi connectivity index (χ0n) is 15.2. The van der Waals surface area contributed by atoms with E-state index < -0.39 is 0 Å². The molecule has 1 aliphatic heterocycles. The molecule has 1 N–H and O–H groups in total. The van der Waals surface area contributed by atoms with Crippen LogP contribution in [0.15, 0.2) is 18.2 Å². The number of amides is 2. The number of rotatable bonds is 3. The highest BCUT2D eigenvalue weighted by Crippen LogP contribution is 2.30. The van der Waals surface area contributed by atoms with Crippen molar-refractivity contribution in [3.8, 4) is 0 Å². The van der Waals surface area contributed by atoms with Crippen LogP contribution in [-0.2, 0) is 9.59 Å². The first kappa shape index (κ1) is 17.5. The number of likely N-dealkylation sites (tertiary alicyclic amines) is 1. The van der Waals surface area contributed by atoms with Crippen LogP contribution in [0.3, 0.4) is 0 Å². The van der Waals surface area contributed by atoms with Gasteiger partial charge in [0.1, 0.15) is 6.04 Å². The third-order valence-electron chi connectivity index (χ3n) is 5.57. The zero-order valence-corrected chi connectivity index (χ0v) is 16.0. The fourth-order valence-electron chi connectivity index (χ4n) is 4.16. The van der Waals surface area contributed by atoms with Gasteiger partial charge in [0.15, 0.2) is 5.13 Å². The highest BCUT2D eigenvalue weighted by Gasteiger charge is 2.37. The van der Waals surface area contributed by atoms with Crippen molar-refractivity contribution >= 4 is 38.5 Å². The first-order chi connectivity index (χ1) is 12.6. The molecule has 2 fully saturated rings. The smallest absolute Gasteiger partial charge is 0.248 e. The summed E-state index contributed by atoms with van der Waals surface area (Å²) in [5.41, 5.74) is 2.08. The minimum Gasteiger partial charge on any atom is -0.330 e. The zero-order chi connectivity index (χ0) is 18.1. The highest BCUT2D eigenvalue weighted by atomic mass is 32.1. The molecule has 2 aliphatic rings. The van der Waals surface area contributed by atoms with Crippen LogP contribution in [0.25, 0.3) is 10.2 Å². The molecule has 0 bridgehead atoms. The summed E-state index contributed by atoms with van der Waals surface area (Å²) < 4.78 is 1.07. The van der Waals surface area contributed by atoms with Crippen LogP contribution in [0.5, 0.6) is 0 Å². The first-order valence-corrected chi connectivity index (χ1v) is 10.4. The van der Waals surface area contributed by atoms with Gasteiger partial charge in [-0.15, -0.1) is 0 Å². The Kier molecular flexibility index (Phi) is 4.94. The lowest BCUT2D eigenvalue weighted by molar-refractivity contribution is -0.141. The Morgan fingerprint density at radius 2 is 1.96 bits per heavy atom. The summed E-state index contributed by atoms with van der Waals surface area (Å²) >= 11 is 1.49. The second-order valence-electron chi connectivity index (χ2n) is 7.50. The van der Waals surface area contributed by atoms with Gasteiger partial charge >= 0.3 is 0 Å². The van der Waals surface area contributed by atoms with Crippen LogP contribution in [0.1, 0.15) is 50.5 Å². The minimum absolute atomic E-state index is 0.0950. The SMILES string of the molecule is Cc1ccc2nc(NC(=O)[C@@H]3CCCN3C(=O)C3CCCCC3)sc2c1. The monoisotopic (exact) mass is 371 g/mol. The molecule has 1 atom stereocenters. The van der Waals surface area contributed by atoms with Gasteiger partial charge in [-0.1, -0.05) is 36.7 Å². The fraction of sp³-hybridized carbons (Fsp3) is 0.550. The largest absolute Gasteiger partial charge is 0.330 e. The predicted molar refractivity (Wildman–Crippen MR) is 104 cm³/mol. The van der Waals surface area contributed by atoms with Gasteiger partial charge in [-0.05, 0) is 50.3 Å². The standard InChI is InChI=1S/C20H25N3O2S/c1-13-9-10-15-17(12-13)26-20(21-15)22-18(24)16-8-5-11-23(16)19(25)14-6-3-2-4-7-14/h9-10,12,14,16H,2-8,11H2,1H3,(H,21,22,24)/t16-/m0/s1. The van der Waals surface area contributed by atoms with Crippen LogP contribution in [0.4, 0.5) is 5.13 Å². The van der Waals surface area contributed by atoms with E-state index in [0.29, 0.717) is 11.7 Å². The van der Waals surface area contributed by atoms with Gasteiger partial charge < -0.3 is 10.2 Å². The van der Waals surface area contributed by atoms with E-state index in [1.165, 1.54) is 23.3 Å². The van der Waals surface area contributed by atoms with E-state index >= 15 is 0 Å². The van der Waals surface area contributed by atoms with Gasteiger partial charge in [0.2, 0.25) is 11.8 Å². The van der Waals surface area contributed by atoms with Crippen molar-refractivity contribution < 1.29 is 9.59 Å². The molecule has 2 heterocycles. The lowest BCUT2D eigenvalue weighted by atomic mass is 9.88. The second-order valence-corrected chi connectivity index (χ2v) is 8.53. The number of thiazole rings is 1. The number of aromatic nitrogens is 1. The lowest BCUT2D eigenvalue weighted by Gasteiger charge is -2.29. The van der Waals surface area contributed by atoms with Crippen molar-refractivity contribution in [2.24, 2.45) is 5.92 Å². The number of benzene rings is 1. The fourth-order valence-corrected chi connectivity index (χ4v) is 5.13. The molecular weight excluding hydrogens is 346 g/mol. The van der Waals surface area contributed by atoms with Crippen molar-refractivity contribution in [1.29, 1.82) is 0 Å². The molecular formula is C20H25N3O2S. The van der Waals surface area contributed by atoms with E-state index in [2.05, 4.69) is 16.4 Å². The average molecular weight is 372 g/mol. The van der Waals surface area contributed by atoms with Crippen LogP contribution < -0.4 is 5.32 Å². The molecule has 2 aromatic rings. The molecule has 1 saturated carbocycles. The van der Waals surface area contributed by atoms with Crippen LogP contribution in [0.2, 0.25) is 0 Å². The Morgan fingerprint density at radius 3 is 2.77 bits per heavy atom. The number of anilines is 1. The van der Waals surface area contributed by atoms with E-state index in [1.54, 1.807) is 0 Å². The molecule has 6 heteroatoms. The van der Waals surface area contributed by atoms with Crippen LogP contribution in [-0.4, -0.2) is 34.3 Å². The van der Waals surface area contributed by atoms with Gasteiger partial charge in [0.05, 0.1) is 10.2 Å². The van der Waals surface area contributed by atoms with Crippen LogP contribution in [0, 0.1) is 12.8 Å². The van der Waals surface area contributed by atoms with Gasteiger partial charge in [-0.2, -0.15) is 0 Å². The van der Waals surface area contributed by atoms with Crippen molar-refractivity contribution in [3.05, 3.63) is 23.8 Å².